The Kier molecular flexibility index (Phi) is 3.97. The van der Waals surface area contributed by atoms with E-state index in [0.717, 1.165) is 29.3 Å². The fraction of sp³-hybridized carbons (Fsp3) is 0.412. The van der Waals surface area contributed by atoms with Gasteiger partial charge >= 0.3 is 0 Å². The van der Waals surface area contributed by atoms with Gasteiger partial charge in [-0.2, -0.15) is 0 Å². The second-order valence-corrected chi connectivity index (χ2v) is 5.79. The standard InChI is InChI=1S/C17H21FN2O/c1-12-13(8-17(21-12)10-19-15-6-7-15)11-20(2)16-5-3-4-14(18)9-16/h3-5,8-9,15,19H,6-7,10-11H2,1-2H3. The minimum atomic E-state index is -0.211. The quantitative estimate of drug-likeness (QED) is 0.880. The van der Waals surface area contributed by atoms with E-state index < -0.39 is 0 Å². The third-order valence-electron chi connectivity index (χ3n) is 3.87. The molecule has 0 unspecified atom stereocenters. The van der Waals surface area contributed by atoms with Crippen LogP contribution in [0.3, 0.4) is 0 Å². The van der Waals surface area contributed by atoms with Crippen LogP contribution in [0.1, 0.15) is 29.9 Å². The van der Waals surface area contributed by atoms with Crippen LogP contribution in [-0.4, -0.2) is 13.1 Å². The van der Waals surface area contributed by atoms with Gasteiger partial charge < -0.3 is 14.6 Å². The van der Waals surface area contributed by atoms with Crippen LogP contribution in [0.2, 0.25) is 0 Å². The van der Waals surface area contributed by atoms with Gasteiger partial charge in [0.25, 0.3) is 0 Å². The predicted molar refractivity (Wildman–Crippen MR) is 81.8 cm³/mol. The molecule has 112 valence electrons. The van der Waals surface area contributed by atoms with Gasteiger partial charge in [-0.15, -0.1) is 0 Å². The van der Waals surface area contributed by atoms with Gasteiger partial charge in [-0.3, -0.25) is 0 Å². The van der Waals surface area contributed by atoms with Crippen LogP contribution in [0.4, 0.5) is 10.1 Å². The van der Waals surface area contributed by atoms with E-state index >= 15 is 0 Å². The Morgan fingerprint density at radius 2 is 2.14 bits per heavy atom. The van der Waals surface area contributed by atoms with Gasteiger partial charge in [0.05, 0.1) is 6.54 Å². The largest absolute Gasteiger partial charge is 0.465 e. The smallest absolute Gasteiger partial charge is 0.125 e. The van der Waals surface area contributed by atoms with Gasteiger partial charge in [0.15, 0.2) is 0 Å². The fourth-order valence-electron chi connectivity index (χ4n) is 2.42. The zero-order chi connectivity index (χ0) is 14.8. The molecule has 4 heteroatoms. The molecule has 1 heterocycles. The lowest BCUT2D eigenvalue weighted by Crippen LogP contribution is -2.16. The summed E-state index contributed by atoms with van der Waals surface area (Å²) >= 11 is 0. The van der Waals surface area contributed by atoms with Gasteiger partial charge in [0, 0.05) is 30.9 Å². The van der Waals surface area contributed by atoms with Crippen molar-refractivity contribution in [3.05, 3.63) is 53.2 Å². The molecule has 3 nitrogen and oxygen atoms in total. The van der Waals surface area contributed by atoms with Crippen LogP contribution in [0.25, 0.3) is 0 Å². The number of hydrogen-bond acceptors (Lipinski definition) is 3. The average molecular weight is 288 g/mol. The molecule has 1 aliphatic rings. The van der Waals surface area contributed by atoms with Crippen LogP contribution in [-0.2, 0) is 13.1 Å². The van der Waals surface area contributed by atoms with Gasteiger partial charge in [-0.1, -0.05) is 6.07 Å². The Bertz CT molecular complexity index is 619. The first-order valence-corrected chi connectivity index (χ1v) is 7.40. The molecule has 1 fully saturated rings. The molecule has 0 saturated heterocycles. The van der Waals surface area contributed by atoms with E-state index in [1.165, 1.54) is 18.9 Å². The van der Waals surface area contributed by atoms with E-state index in [2.05, 4.69) is 11.4 Å². The second-order valence-electron chi connectivity index (χ2n) is 5.79. The molecule has 1 aromatic heterocycles. The topological polar surface area (TPSA) is 28.4 Å². The summed E-state index contributed by atoms with van der Waals surface area (Å²) in [5.74, 6) is 1.70. The van der Waals surface area contributed by atoms with Crippen molar-refractivity contribution in [1.29, 1.82) is 0 Å². The molecular weight excluding hydrogens is 267 g/mol. The minimum Gasteiger partial charge on any atom is -0.465 e. The summed E-state index contributed by atoms with van der Waals surface area (Å²) in [6, 6.07) is 9.42. The van der Waals surface area contributed by atoms with Gasteiger partial charge in [0.1, 0.15) is 17.3 Å². The molecule has 0 bridgehead atoms. The predicted octanol–water partition coefficient (Wildman–Crippen LogP) is 3.62. The molecule has 0 amide bonds. The van der Waals surface area contributed by atoms with E-state index in [0.29, 0.717) is 12.6 Å². The van der Waals surface area contributed by atoms with Crippen LogP contribution in [0, 0.1) is 12.7 Å². The molecular formula is C17H21FN2O. The molecule has 0 radical (unpaired) electrons. The first-order valence-electron chi connectivity index (χ1n) is 7.40. The number of nitrogens with zero attached hydrogens (tertiary/aromatic N) is 1. The highest BCUT2D eigenvalue weighted by Gasteiger charge is 2.21. The molecule has 0 atom stereocenters. The van der Waals surface area contributed by atoms with E-state index in [1.54, 1.807) is 12.1 Å². The molecule has 1 aromatic carbocycles. The summed E-state index contributed by atoms with van der Waals surface area (Å²) in [5, 5.41) is 3.45. The highest BCUT2D eigenvalue weighted by Crippen LogP contribution is 2.23. The zero-order valence-corrected chi connectivity index (χ0v) is 12.5. The Morgan fingerprint density at radius 1 is 1.33 bits per heavy atom. The molecule has 1 N–H and O–H groups in total. The van der Waals surface area contributed by atoms with Crippen molar-refractivity contribution in [2.24, 2.45) is 0 Å². The summed E-state index contributed by atoms with van der Waals surface area (Å²) in [5.41, 5.74) is 2.02. The third-order valence-corrected chi connectivity index (χ3v) is 3.87. The number of benzene rings is 1. The molecule has 0 aliphatic heterocycles. The first kappa shape index (κ1) is 14.1. The second kappa shape index (κ2) is 5.90. The number of nitrogens with one attached hydrogen (secondary N) is 1. The monoisotopic (exact) mass is 288 g/mol. The van der Waals surface area contributed by atoms with Crippen LogP contribution in [0.15, 0.2) is 34.7 Å². The summed E-state index contributed by atoms with van der Waals surface area (Å²) in [6.07, 6.45) is 2.55. The molecule has 0 spiro atoms. The molecule has 1 aliphatic carbocycles. The number of halogens is 1. The number of hydrogen-bond donors (Lipinski definition) is 1. The zero-order valence-electron chi connectivity index (χ0n) is 12.5. The maximum atomic E-state index is 13.3. The van der Waals surface area contributed by atoms with Crippen molar-refractivity contribution in [2.75, 3.05) is 11.9 Å². The highest BCUT2D eigenvalue weighted by atomic mass is 19.1. The Morgan fingerprint density at radius 3 is 2.86 bits per heavy atom. The fourth-order valence-corrected chi connectivity index (χ4v) is 2.42. The summed E-state index contributed by atoms with van der Waals surface area (Å²) < 4.78 is 19.1. The van der Waals surface area contributed by atoms with Crippen LogP contribution in [0.5, 0.6) is 0 Å². The molecule has 21 heavy (non-hydrogen) atoms. The van der Waals surface area contributed by atoms with Crippen molar-refractivity contribution < 1.29 is 8.81 Å². The normalized spacial score (nSPS) is 14.4. The maximum Gasteiger partial charge on any atom is 0.125 e. The van der Waals surface area contributed by atoms with Crippen LogP contribution < -0.4 is 10.2 Å². The minimum absolute atomic E-state index is 0.211. The first-order chi connectivity index (χ1) is 10.1. The molecule has 2 aromatic rings. The highest BCUT2D eigenvalue weighted by molar-refractivity contribution is 5.46. The van der Waals surface area contributed by atoms with Gasteiger partial charge in [-0.25, -0.2) is 4.39 Å². The Balaban J connectivity index is 1.65. The Hall–Kier alpha value is -1.81. The van der Waals surface area contributed by atoms with Crippen molar-refractivity contribution in [3.8, 4) is 0 Å². The molecule has 3 rings (SSSR count). The van der Waals surface area contributed by atoms with E-state index in [4.69, 9.17) is 4.42 Å². The lowest BCUT2D eigenvalue weighted by Gasteiger charge is -2.18. The van der Waals surface area contributed by atoms with E-state index in [-0.39, 0.29) is 5.82 Å². The maximum absolute atomic E-state index is 13.3. The Labute approximate surface area is 124 Å². The van der Waals surface area contributed by atoms with Crippen molar-refractivity contribution >= 4 is 5.69 Å². The lowest BCUT2D eigenvalue weighted by atomic mass is 10.2. The number of anilines is 1. The van der Waals surface area contributed by atoms with Gasteiger partial charge in [0.2, 0.25) is 0 Å². The molecule has 1 saturated carbocycles. The summed E-state index contributed by atoms with van der Waals surface area (Å²) in [7, 11) is 1.96. The summed E-state index contributed by atoms with van der Waals surface area (Å²) in [6.45, 7) is 3.48. The number of aryl methyl sites for hydroxylation is 1. The third kappa shape index (κ3) is 3.64. The lowest BCUT2D eigenvalue weighted by molar-refractivity contribution is 0.459. The number of furan rings is 1. The SMILES string of the molecule is Cc1oc(CNC2CC2)cc1CN(C)c1cccc(F)c1. The summed E-state index contributed by atoms with van der Waals surface area (Å²) in [4.78, 5) is 2.03. The van der Waals surface area contributed by atoms with Crippen LogP contribution >= 0.6 is 0 Å². The van der Waals surface area contributed by atoms with E-state index in [1.807, 2.05) is 24.9 Å². The average Bonchev–Trinajstić information content (AvgIpc) is 3.22. The van der Waals surface area contributed by atoms with Crippen molar-refractivity contribution in [1.82, 2.24) is 5.32 Å². The van der Waals surface area contributed by atoms with E-state index in [9.17, 15) is 4.39 Å². The number of rotatable bonds is 6. The van der Waals surface area contributed by atoms with Crippen molar-refractivity contribution in [2.45, 2.75) is 38.9 Å². The van der Waals surface area contributed by atoms with Crippen molar-refractivity contribution in [3.63, 3.8) is 0 Å². The van der Waals surface area contributed by atoms with Gasteiger partial charge in [-0.05, 0) is 44.0 Å².